The first-order valence-corrected chi connectivity index (χ1v) is 12.6. The number of ether oxygens (including phenoxy) is 1. The van der Waals surface area contributed by atoms with Crippen LogP contribution in [0, 0.1) is 11.6 Å². The molecule has 0 aliphatic heterocycles. The number of benzene rings is 2. The Hall–Kier alpha value is -4.80. The molecule has 0 fully saturated rings. The number of anilines is 1. The predicted molar refractivity (Wildman–Crippen MR) is 147 cm³/mol. The molecule has 9 nitrogen and oxygen atoms in total. The van der Waals surface area contributed by atoms with E-state index >= 15 is 0 Å². The van der Waals surface area contributed by atoms with E-state index in [1.807, 2.05) is 0 Å². The average Bonchev–Trinajstić information content (AvgIpc) is 3.33. The zero-order valence-corrected chi connectivity index (χ0v) is 22.1. The predicted octanol–water partition coefficient (Wildman–Crippen LogP) is 4.38. The summed E-state index contributed by atoms with van der Waals surface area (Å²) in [6.45, 7) is -0.00688. The molecule has 40 heavy (non-hydrogen) atoms. The van der Waals surface area contributed by atoms with Gasteiger partial charge in [0.15, 0.2) is 0 Å². The Morgan fingerprint density at radius 3 is 2.75 bits per heavy atom. The molecule has 0 spiro atoms. The third-order valence-corrected chi connectivity index (χ3v) is 6.01. The van der Waals surface area contributed by atoms with Gasteiger partial charge in [0, 0.05) is 38.3 Å². The molecule has 0 atom stereocenters. The van der Waals surface area contributed by atoms with Gasteiger partial charge in [0.25, 0.3) is 5.56 Å². The first kappa shape index (κ1) is 28.2. The lowest BCUT2D eigenvalue weighted by Gasteiger charge is -2.08. The minimum absolute atomic E-state index is 0.105. The van der Waals surface area contributed by atoms with Crippen molar-refractivity contribution in [2.75, 3.05) is 19.4 Å². The van der Waals surface area contributed by atoms with Crippen LogP contribution in [0.2, 0.25) is 0 Å². The van der Waals surface area contributed by atoms with Gasteiger partial charge in [-0.05, 0) is 55.3 Å². The number of allylic oxidation sites excluding steroid dienone is 1. The number of imidazole rings is 1. The van der Waals surface area contributed by atoms with E-state index in [9.17, 15) is 23.2 Å². The smallest absolute Gasteiger partial charge is 0.274 e. The van der Waals surface area contributed by atoms with Gasteiger partial charge in [-0.3, -0.25) is 14.4 Å². The number of H-pyrrole nitrogens is 1. The second-order valence-corrected chi connectivity index (χ2v) is 9.29. The number of aromatic nitrogens is 3. The molecular formula is C29H29F2N5O4. The second kappa shape index (κ2) is 12.8. The van der Waals surface area contributed by atoms with Crippen molar-refractivity contribution in [2.24, 2.45) is 0 Å². The van der Waals surface area contributed by atoms with E-state index in [1.165, 1.54) is 27.7 Å². The zero-order chi connectivity index (χ0) is 28.6. The van der Waals surface area contributed by atoms with Crippen molar-refractivity contribution in [1.82, 2.24) is 19.4 Å². The number of pyridine rings is 1. The average molecular weight is 550 g/mol. The fourth-order valence-electron chi connectivity index (χ4n) is 3.89. The van der Waals surface area contributed by atoms with Crippen LogP contribution in [0.4, 0.5) is 14.5 Å². The Balaban J connectivity index is 1.39. The van der Waals surface area contributed by atoms with Crippen LogP contribution in [-0.2, 0) is 22.7 Å². The Labute approximate surface area is 229 Å². The molecule has 0 radical (unpaired) electrons. The number of fused-ring (bicyclic) bond motifs is 1. The highest BCUT2D eigenvalue weighted by molar-refractivity contribution is 5.90. The van der Waals surface area contributed by atoms with Gasteiger partial charge in [-0.1, -0.05) is 12.1 Å². The van der Waals surface area contributed by atoms with Crippen molar-refractivity contribution in [3.8, 4) is 5.75 Å². The normalized spacial score (nSPS) is 11.2. The minimum Gasteiger partial charge on any atom is -0.486 e. The number of likely N-dealkylation sites (N-methyl/N-ethyl adjacent to an activating group) is 1. The van der Waals surface area contributed by atoms with E-state index in [2.05, 4.69) is 15.3 Å². The molecule has 4 aromatic rings. The van der Waals surface area contributed by atoms with Crippen LogP contribution < -0.4 is 15.6 Å². The highest BCUT2D eigenvalue weighted by Crippen LogP contribution is 2.25. The molecule has 2 N–H and O–H groups in total. The van der Waals surface area contributed by atoms with Crippen LogP contribution >= 0.6 is 0 Å². The van der Waals surface area contributed by atoms with Gasteiger partial charge < -0.3 is 24.5 Å². The molecule has 0 saturated carbocycles. The topological polar surface area (TPSA) is 109 Å². The maximum absolute atomic E-state index is 14.0. The van der Waals surface area contributed by atoms with E-state index in [1.54, 1.807) is 50.6 Å². The number of aromatic amines is 1. The molecule has 0 aliphatic carbocycles. The Kier molecular flexibility index (Phi) is 9.05. The van der Waals surface area contributed by atoms with Gasteiger partial charge in [0.1, 0.15) is 41.0 Å². The minimum atomic E-state index is -0.699. The Morgan fingerprint density at radius 2 is 1.98 bits per heavy atom. The van der Waals surface area contributed by atoms with Gasteiger partial charge in [-0.25, -0.2) is 13.8 Å². The molecule has 0 unspecified atom stereocenters. The molecule has 0 bridgehead atoms. The van der Waals surface area contributed by atoms with Crippen LogP contribution in [0.5, 0.6) is 5.75 Å². The molecule has 0 aliphatic rings. The molecule has 4 rings (SSSR count). The van der Waals surface area contributed by atoms with Gasteiger partial charge in [0.2, 0.25) is 11.8 Å². The quantitative estimate of drug-likeness (QED) is 0.213. The van der Waals surface area contributed by atoms with Crippen LogP contribution in [0.3, 0.4) is 0 Å². The van der Waals surface area contributed by atoms with Gasteiger partial charge in [0.05, 0.1) is 12.1 Å². The first-order chi connectivity index (χ1) is 19.2. The summed E-state index contributed by atoms with van der Waals surface area (Å²) in [6.07, 6.45) is 6.06. The summed E-state index contributed by atoms with van der Waals surface area (Å²) in [4.78, 5) is 46.1. The van der Waals surface area contributed by atoms with Crippen molar-refractivity contribution in [3.05, 3.63) is 100 Å². The Bertz CT molecular complexity index is 1610. The summed E-state index contributed by atoms with van der Waals surface area (Å²) in [5.74, 6) is -0.911. The number of hydrogen-bond donors (Lipinski definition) is 2. The maximum Gasteiger partial charge on any atom is 0.274 e. The van der Waals surface area contributed by atoms with Crippen molar-refractivity contribution < 1.29 is 23.1 Å². The monoisotopic (exact) mass is 549 g/mol. The molecule has 2 aromatic heterocycles. The molecule has 2 aromatic carbocycles. The second-order valence-electron chi connectivity index (χ2n) is 9.29. The molecular weight excluding hydrogens is 520 g/mol. The number of nitrogens with one attached hydrogen (secondary N) is 2. The number of carbonyl (C=O) groups excluding carboxylic acids is 2. The van der Waals surface area contributed by atoms with Crippen molar-refractivity contribution in [1.29, 1.82) is 0 Å². The molecule has 2 heterocycles. The summed E-state index contributed by atoms with van der Waals surface area (Å²) in [7, 11) is 3.32. The molecule has 11 heteroatoms. The SMILES string of the molecule is CN(C)C(=O)/C=C/CCCC(=O)Nc1cccn(Cc2nc3c(OCc4ccc(F)cc4F)cccc3[nH]2)c1=O. The number of rotatable bonds is 11. The highest BCUT2D eigenvalue weighted by Gasteiger charge is 2.13. The number of halogens is 2. The highest BCUT2D eigenvalue weighted by atomic mass is 19.1. The largest absolute Gasteiger partial charge is 0.486 e. The molecule has 2 amide bonds. The lowest BCUT2D eigenvalue weighted by molar-refractivity contribution is -0.123. The summed E-state index contributed by atoms with van der Waals surface area (Å²) < 4.78 is 34.3. The number of hydrogen-bond acceptors (Lipinski definition) is 5. The van der Waals surface area contributed by atoms with Crippen LogP contribution in [-0.4, -0.2) is 45.3 Å². The fraction of sp³-hybridized carbons (Fsp3) is 0.241. The van der Waals surface area contributed by atoms with E-state index in [-0.39, 0.29) is 42.6 Å². The van der Waals surface area contributed by atoms with E-state index in [4.69, 9.17) is 4.74 Å². The lowest BCUT2D eigenvalue weighted by atomic mass is 10.2. The molecule has 208 valence electrons. The van der Waals surface area contributed by atoms with Crippen molar-refractivity contribution in [2.45, 2.75) is 32.4 Å². The van der Waals surface area contributed by atoms with E-state index in [0.29, 0.717) is 35.4 Å². The number of carbonyl (C=O) groups is 2. The molecule has 0 saturated heterocycles. The van der Waals surface area contributed by atoms with Crippen LogP contribution in [0.25, 0.3) is 11.0 Å². The maximum atomic E-state index is 14.0. The third-order valence-electron chi connectivity index (χ3n) is 6.01. The third kappa shape index (κ3) is 7.19. The standard InChI is InChI=1S/C29H29F2N5O4/c1-35(2)27(38)12-5-3-4-11-26(37)33-23-9-7-15-36(29(23)39)17-25-32-22-8-6-10-24(28(22)34-25)40-18-19-13-14-20(30)16-21(19)31/h5-10,12-16H,3-4,11,17-18H2,1-2H3,(H,32,34)(H,33,37)/b12-5+. The summed E-state index contributed by atoms with van der Waals surface area (Å²) in [6, 6.07) is 11.7. The van der Waals surface area contributed by atoms with Crippen LogP contribution in [0.1, 0.15) is 30.7 Å². The number of amides is 2. The van der Waals surface area contributed by atoms with Gasteiger partial charge in [-0.15, -0.1) is 0 Å². The summed E-state index contributed by atoms with van der Waals surface area (Å²) in [5, 5.41) is 2.65. The van der Waals surface area contributed by atoms with Gasteiger partial charge >= 0.3 is 0 Å². The number of nitrogens with zero attached hydrogens (tertiary/aromatic N) is 3. The Morgan fingerprint density at radius 1 is 1.15 bits per heavy atom. The van der Waals surface area contributed by atoms with E-state index < -0.39 is 17.2 Å². The number of para-hydroxylation sites is 1. The number of unbranched alkanes of at least 4 members (excludes halogenated alkanes) is 1. The lowest BCUT2D eigenvalue weighted by Crippen LogP contribution is -2.26. The van der Waals surface area contributed by atoms with Crippen molar-refractivity contribution in [3.63, 3.8) is 0 Å². The first-order valence-electron chi connectivity index (χ1n) is 12.6. The van der Waals surface area contributed by atoms with Gasteiger partial charge in [-0.2, -0.15) is 0 Å². The van der Waals surface area contributed by atoms with Crippen LogP contribution in [0.15, 0.2) is 71.7 Å². The summed E-state index contributed by atoms with van der Waals surface area (Å²) >= 11 is 0. The van der Waals surface area contributed by atoms with E-state index in [0.717, 1.165) is 12.1 Å². The zero-order valence-electron chi connectivity index (χ0n) is 22.1. The van der Waals surface area contributed by atoms with Crippen molar-refractivity contribution >= 4 is 28.5 Å². The summed E-state index contributed by atoms with van der Waals surface area (Å²) in [5.41, 5.74) is 1.11. The fourth-order valence-corrected chi connectivity index (χ4v) is 3.89.